The molecule has 88 valence electrons. The van der Waals surface area contributed by atoms with Crippen LogP contribution >= 0.6 is 0 Å². The molecule has 2 N–H and O–H groups in total. The highest BCUT2D eigenvalue weighted by Crippen LogP contribution is 2.10. The first-order valence-electron chi connectivity index (χ1n) is 5.44. The van der Waals surface area contributed by atoms with Gasteiger partial charge in [-0.25, -0.2) is 4.98 Å². The molecular weight excluding hydrogens is 226 g/mol. The smallest absolute Gasteiger partial charge is 0.176 e. The number of aromatic nitrogens is 2. The van der Waals surface area contributed by atoms with Crippen molar-refractivity contribution in [2.24, 2.45) is 0 Å². The first kappa shape index (κ1) is 11.7. The summed E-state index contributed by atoms with van der Waals surface area (Å²) in [7, 11) is 0. The summed E-state index contributed by atoms with van der Waals surface area (Å²) in [6, 6.07) is 11.5. The third-order valence-electron chi connectivity index (χ3n) is 2.67. The second kappa shape index (κ2) is 5.03. The van der Waals surface area contributed by atoms with E-state index in [2.05, 4.69) is 4.98 Å². The molecular formula is C13H11N5. The van der Waals surface area contributed by atoms with Crippen LogP contribution in [0.25, 0.3) is 0 Å². The minimum atomic E-state index is 0.176. The molecule has 0 bridgehead atoms. The number of rotatable bonds is 3. The normalized spacial score (nSPS) is 9.67. The van der Waals surface area contributed by atoms with Gasteiger partial charge in [0.05, 0.1) is 6.33 Å². The van der Waals surface area contributed by atoms with E-state index < -0.39 is 0 Å². The van der Waals surface area contributed by atoms with Gasteiger partial charge < -0.3 is 10.3 Å². The number of hydrogen-bond donors (Lipinski definition) is 1. The minimum absolute atomic E-state index is 0.176. The first-order chi connectivity index (χ1) is 8.74. The third-order valence-corrected chi connectivity index (χ3v) is 2.67. The van der Waals surface area contributed by atoms with Crippen LogP contribution in [0.1, 0.15) is 17.0 Å². The predicted molar refractivity (Wildman–Crippen MR) is 66.2 cm³/mol. The Morgan fingerprint density at radius 3 is 2.50 bits per heavy atom. The fraction of sp³-hybridized carbons (Fsp3) is 0.154. The topological polar surface area (TPSA) is 91.4 Å². The van der Waals surface area contributed by atoms with Crippen LogP contribution in [0.5, 0.6) is 0 Å². The van der Waals surface area contributed by atoms with Crippen molar-refractivity contribution in [2.45, 2.75) is 13.0 Å². The van der Waals surface area contributed by atoms with E-state index in [4.69, 9.17) is 16.3 Å². The number of hydrogen-bond acceptors (Lipinski definition) is 4. The summed E-state index contributed by atoms with van der Waals surface area (Å²) in [5.41, 5.74) is 7.95. The maximum Gasteiger partial charge on any atom is 0.176 e. The number of benzene rings is 1. The van der Waals surface area contributed by atoms with Crippen LogP contribution in [0.15, 0.2) is 30.6 Å². The lowest BCUT2D eigenvalue weighted by Crippen LogP contribution is -2.03. The Balaban J connectivity index is 2.12. The van der Waals surface area contributed by atoms with Gasteiger partial charge in [-0.3, -0.25) is 0 Å². The molecule has 5 heteroatoms. The maximum absolute atomic E-state index is 8.97. The largest absolute Gasteiger partial charge is 0.399 e. The summed E-state index contributed by atoms with van der Waals surface area (Å²) >= 11 is 0. The molecule has 0 saturated heterocycles. The monoisotopic (exact) mass is 237 g/mol. The minimum Gasteiger partial charge on any atom is -0.399 e. The molecule has 2 rings (SSSR count). The van der Waals surface area contributed by atoms with E-state index >= 15 is 0 Å². The van der Waals surface area contributed by atoms with Crippen molar-refractivity contribution >= 4 is 5.69 Å². The lowest BCUT2D eigenvalue weighted by atomic mass is 10.1. The number of nitrogens with two attached hydrogens (primary N) is 1. The van der Waals surface area contributed by atoms with E-state index in [1.807, 2.05) is 36.4 Å². The van der Waals surface area contributed by atoms with Crippen molar-refractivity contribution in [1.82, 2.24) is 9.55 Å². The van der Waals surface area contributed by atoms with Crippen LogP contribution in [0.4, 0.5) is 5.69 Å². The number of anilines is 1. The lowest BCUT2D eigenvalue weighted by Gasteiger charge is -2.04. The Hall–Kier alpha value is -2.79. The molecule has 1 heterocycles. The van der Waals surface area contributed by atoms with Gasteiger partial charge in [0.1, 0.15) is 12.1 Å². The number of nitrogens with zero attached hydrogens (tertiary/aromatic N) is 4. The van der Waals surface area contributed by atoms with Crippen molar-refractivity contribution in [2.75, 3.05) is 5.73 Å². The summed E-state index contributed by atoms with van der Waals surface area (Å²) < 4.78 is 1.69. The number of nitriles is 2. The van der Waals surface area contributed by atoms with Crippen LogP contribution in [0.3, 0.4) is 0 Å². The molecule has 0 spiro atoms. The summed E-state index contributed by atoms with van der Waals surface area (Å²) in [5, 5.41) is 17.8. The molecule has 0 atom stereocenters. The summed E-state index contributed by atoms with van der Waals surface area (Å²) in [5.74, 6) is 0. The van der Waals surface area contributed by atoms with Gasteiger partial charge in [0, 0.05) is 12.2 Å². The zero-order chi connectivity index (χ0) is 13.0. The van der Waals surface area contributed by atoms with E-state index in [-0.39, 0.29) is 5.69 Å². The van der Waals surface area contributed by atoms with Gasteiger partial charge in [0.15, 0.2) is 11.4 Å². The van der Waals surface area contributed by atoms with E-state index in [9.17, 15) is 0 Å². The van der Waals surface area contributed by atoms with E-state index in [1.165, 1.54) is 6.33 Å². The van der Waals surface area contributed by atoms with E-state index in [1.54, 1.807) is 4.57 Å². The van der Waals surface area contributed by atoms with Crippen LogP contribution in [-0.4, -0.2) is 9.55 Å². The van der Waals surface area contributed by atoms with E-state index in [0.717, 1.165) is 17.7 Å². The standard InChI is InChI=1S/C13H11N5/c14-7-12-13(8-15)18(9-17-12)6-5-10-1-3-11(16)4-2-10/h1-4,9H,5-6,16H2. The fourth-order valence-corrected chi connectivity index (χ4v) is 1.68. The van der Waals surface area contributed by atoms with Crippen LogP contribution in [-0.2, 0) is 13.0 Å². The Morgan fingerprint density at radius 1 is 1.17 bits per heavy atom. The van der Waals surface area contributed by atoms with Crippen molar-refractivity contribution in [3.63, 3.8) is 0 Å². The third kappa shape index (κ3) is 2.31. The van der Waals surface area contributed by atoms with Crippen molar-refractivity contribution in [1.29, 1.82) is 10.5 Å². The SMILES string of the molecule is N#Cc1ncn(CCc2ccc(N)cc2)c1C#N. The second-order valence-corrected chi connectivity index (χ2v) is 3.85. The van der Waals surface area contributed by atoms with Crippen LogP contribution in [0.2, 0.25) is 0 Å². The van der Waals surface area contributed by atoms with Crippen LogP contribution < -0.4 is 5.73 Å². The molecule has 1 aromatic heterocycles. The Kier molecular flexibility index (Phi) is 3.26. The molecule has 0 aliphatic rings. The van der Waals surface area contributed by atoms with Gasteiger partial charge in [-0.15, -0.1) is 0 Å². The van der Waals surface area contributed by atoms with Crippen molar-refractivity contribution in [3.8, 4) is 12.1 Å². The molecule has 18 heavy (non-hydrogen) atoms. The summed E-state index contributed by atoms with van der Waals surface area (Å²) in [6.07, 6.45) is 2.28. The molecule has 2 aromatic rings. The van der Waals surface area contributed by atoms with Gasteiger partial charge in [-0.1, -0.05) is 12.1 Å². The molecule has 0 aliphatic heterocycles. The Labute approximate surface area is 105 Å². The molecule has 5 nitrogen and oxygen atoms in total. The fourth-order valence-electron chi connectivity index (χ4n) is 1.68. The van der Waals surface area contributed by atoms with Crippen molar-refractivity contribution in [3.05, 3.63) is 47.5 Å². The molecule has 0 fully saturated rings. The summed E-state index contributed by atoms with van der Waals surface area (Å²) in [6.45, 7) is 0.613. The average Bonchev–Trinajstić information content (AvgIpc) is 2.80. The molecule has 0 aliphatic carbocycles. The molecule has 0 radical (unpaired) electrons. The quantitative estimate of drug-likeness (QED) is 0.818. The maximum atomic E-state index is 8.97. The van der Waals surface area contributed by atoms with Gasteiger partial charge in [0.25, 0.3) is 0 Å². The molecule has 0 unspecified atom stereocenters. The average molecular weight is 237 g/mol. The van der Waals surface area contributed by atoms with Gasteiger partial charge in [-0.05, 0) is 24.1 Å². The van der Waals surface area contributed by atoms with Gasteiger partial charge >= 0.3 is 0 Å². The highest BCUT2D eigenvalue weighted by atomic mass is 15.1. The van der Waals surface area contributed by atoms with E-state index in [0.29, 0.717) is 12.2 Å². The molecule has 0 amide bonds. The number of aryl methyl sites for hydroxylation is 2. The zero-order valence-corrected chi connectivity index (χ0v) is 9.67. The van der Waals surface area contributed by atoms with Crippen molar-refractivity contribution < 1.29 is 0 Å². The van der Waals surface area contributed by atoms with Crippen LogP contribution in [0, 0.1) is 22.7 Å². The highest BCUT2D eigenvalue weighted by molar-refractivity contribution is 5.39. The second-order valence-electron chi connectivity index (χ2n) is 3.85. The number of nitrogen functional groups attached to an aromatic ring is 1. The Bertz CT molecular complexity index is 625. The lowest BCUT2D eigenvalue weighted by molar-refractivity contribution is 0.688. The Morgan fingerprint density at radius 2 is 1.89 bits per heavy atom. The summed E-state index contributed by atoms with van der Waals surface area (Å²) in [4.78, 5) is 3.89. The molecule has 1 aromatic carbocycles. The highest BCUT2D eigenvalue weighted by Gasteiger charge is 2.09. The molecule has 0 saturated carbocycles. The number of imidazole rings is 1. The van der Waals surface area contributed by atoms with Gasteiger partial charge in [0.2, 0.25) is 0 Å². The van der Waals surface area contributed by atoms with Gasteiger partial charge in [-0.2, -0.15) is 10.5 Å². The predicted octanol–water partition coefficient (Wildman–Crippen LogP) is 1.45. The first-order valence-corrected chi connectivity index (χ1v) is 5.44. The zero-order valence-electron chi connectivity index (χ0n) is 9.67.